The van der Waals surface area contributed by atoms with E-state index in [0.717, 1.165) is 29.1 Å². The van der Waals surface area contributed by atoms with Gasteiger partial charge in [-0.15, -0.1) is 0 Å². The topological polar surface area (TPSA) is 72.9 Å². The summed E-state index contributed by atoms with van der Waals surface area (Å²) >= 11 is 5.96. The molecule has 8 heteroatoms. The third-order valence-electron chi connectivity index (χ3n) is 5.75. The molecular formula is C29H32ClNO5S. The maximum Gasteiger partial charge on any atom is 0.271 e. The molecule has 0 atom stereocenters. The number of halogens is 1. The number of carbonyl (C=O) groups excluding carboxylic acids is 1. The number of carbonyl (C=O) groups is 1. The highest BCUT2D eigenvalue weighted by molar-refractivity contribution is 7.93. The molecule has 3 rings (SSSR count). The molecule has 0 unspecified atom stereocenters. The van der Waals surface area contributed by atoms with Crippen LogP contribution >= 0.6 is 11.6 Å². The van der Waals surface area contributed by atoms with Gasteiger partial charge in [-0.3, -0.25) is 4.79 Å². The smallest absolute Gasteiger partial charge is 0.271 e. The molecule has 0 spiro atoms. The zero-order chi connectivity index (χ0) is 27.0. The van der Waals surface area contributed by atoms with Crippen LogP contribution in [-0.4, -0.2) is 28.0 Å². The van der Waals surface area contributed by atoms with Crippen LogP contribution < -0.4 is 13.8 Å². The number of hydrogen-bond acceptors (Lipinski definition) is 5. The number of anilines is 1. The minimum atomic E-state index is -4.22. The summed E-state index contributed by atoms with van der Waals surface area (Å²) in [5.74, 6) is 0.443. The van der Waals surface area contributed by atoms with Gasteiger partial charge in [0.2, 0.25) is 0 Å². The Morgan fingerprint density at radius 1 is 0.973 bits per heavy atom. The van der Waals surface area contributed by atoms with E-state index in [2.05, 4.69) is 6.92 Å². The molecule has 6 nitrogen and oxygen atoms in total. The maximum atomic E-state index is 13.6. The average Bonchev–Trinajstić information content (AvgIpc) is 2.88. The van der Waals surface area contributed by atoms with Crippen LogP contribution in [0.3, 0.4) is 0 Å². The third-order valence-corrected chi connectivity index (χ3v) is 7.72. The monoisotopic (exact) mass is 541 g/mol. The van der Waals surface area contributed by atoms with Gasteiger partial charge in [-0.1, -0.05) is 49.6 Å². The van der Waals surface area contributed by atoms with Crippen LogP contribution in [0.4, 0.5) is 5.69 Å². The lowest BCUT2D eigenvalue weighted by Gasteiger charge is -2.23. The first-order valence-electron chi connectivity index (χ1n) is 12.1. The Labute approximate surface area is 224 Å². The summed E-state index contributed by atoms with van der Waals surface area (Å²) in [5.41, 5.74) is 2.43. The van der Waals surface area contributed by atoms with E-state index in [0.29, 0.717) is 34.3 Å². The van der Waals surface area contributed by atoms with E-state index in [4.69, 9.17) is 21.1 Å². The maximum absolute atomic E-state index is 13.6. The molecule has 3 aromatic rings. The SMILES string of the molecule is CCCCCOc1ccc(/C=C/C(=O)N(c2cc(C)ccc2C)S(=O)(=O)c2ccc(Cl)cc2)cc1OC. The number of aryl methyl sites for hydroxylation is 2. The third kappa shape index (κ3) is 7.14. The number of unbranched alkanes of at least 4 members (excludes halogenated alkanes) is 2. The average molecular weight is 542 g/mol. The Bertz CT molecular complexity index is 1370. The largest absolute Gasteiger partial charge is 0.493 e. The van der Waals surface area contributed by atoms with Crippen molar-refractivity contribution in [1.29, 1.82) is 0 Å². The second-order valence-electron chi connectivity index (χ2n) is 8.65. The van der Waals surface area contributed by atoms with Crippen molar-refractivity contribution in [2.75, 3.05) is 18.0 Å². The second-order valence-corrected chi connectivity index (χ2v) is 10.9. The van der Waals surface area contributed by atoms with Gasteiger partial charge in [0.15, 0.2) is 11.5 Å². The Hall–Kier alpha value is -3.29. The predicted molar refractivity (Wildman–Crippen MR) is 149 cm³/mol. The second kappa shape index (κ2) is 12.8. The summed E-state index contributed by atoms with van der Waals surface area (Å²) < 4.78 is 39.4. The number of methoxy groups -OCH3 is 1. The fourth-order valence-corrected chi connectivity index (χ4v) is 5.26. The van der Waals surface area contributed by atoms with E-state index in [1.807, 2.05) is 13.0 Å². The lowest BCUT2D eigenvalue weighted by atomic mass is 10.1. The van der Waals surface area contributed by atoms with Crippen molar-refractivity contribution in [3.05, 3.63) is 88.5 Å². The number of hydrogen-bond donors (Lipinski definition) is 0. The Balaban J connectivity index is 1.95. The van der Waals surface area contributed by atoms with Crippen LogP contribution in [0.1, 0.15) is 42.9 Å². The number of nitrogens with zero attached hydrogens (tertiary/aromatic N) is 1. The molecule has 0 fully saturated rings. The van der Waals surface area contributed by atoms with Gasteiger partial charge in [-0.05, 0) is 85.5 Å². The van der Waals surface area contributed by atoms with Crippen molar-refractivity contribution in [1.82, 2.24) is 0 Å². The van der Waals surface area contributed by atoms with Gasteiger partial charge < -0.3 is 9.47 Å². The van der Waals surface area contributed by atoms with Crippen LogP contribution in [0.2, 0.25) is 5.02 Å². The quantitative estimate of drug-likeness (QED) is 0.193. The van der Waals surface area contributed by atoms with Crippen LogP contribution in [0.25, 0.3) is 6.08 Å². The van der Waals surface area contributed by atoms with Crippen molar-refractivity contribution in [3.8, 4) is 11.5 Å². The number of ether oxygens (including phenoxy) is 2. The predicted octanol–water partition coefficient (Wildman–Crippen LogP) is 6.97. The fraction of sp³-hybridized carbons (Fsp3) is 0.276. The molecule has 0 heterocycles. The summed E-state index contributed by atoms with van der Waals surface area (Å²) in [6.45, 7) is 6.32. The van der Waals surface area contributed by atoms with Crippen molar-refractivity contribution in [3.63, 3.8) is 0 Å². The van der Waals surface area contributed by atoms with Crippen LogP contribution in [0.5, 0.6) is 11.5 Å². The van der Waals surface area contributed by atoms with Crippen molar-refractivity contribution in [2.45, 2.75) is 44.9 Å². The first-order chi connectivity index (χ1) is 17.7. The van der Waals surface area contributed by atoms with Gasteiger partial charge in [0, 0.05) is 11.1 Å². The first-order valence-corrected chi connectivity index (χ1v) is 13.9. The van der Waals surface area contributed by atoms with E-state index >= 15 is 0 Å². The normalized spacial score (nSPS) is 11.5. The van der Waals surface area contributed by atoms with Crippen LogP contribution in [0, 0.1) is 13.8 Å². The van der Waals surface area contributed by atoms with Gasteiger partial charge >= 0.3 is 0 Å². The highest BCUT2D eigenvalue weighted by atomic mass is 35.5. The van der Waals surface area contributed by atoms with E-state index in [-0.39, 0.29) is 10.6 Å². The molecule has 37 heavy (non-hydrogen) atoms. The summed E-state index contributed by atoms with van der Waals surface area (Å²) in [6.07, 6.45) is 5.94. The lowest BCUT2D eigenvalue weighted by Crippen LogP contribution is -2.36. The number of amides is 1. The van der Waals surface area contributed by atoms with E-state index in [1.165, 1.54) is 30.3 Å². The van der Waals surface area contributed by atoms with Crippen molar-refractivity contribution in [2.24, 2.45) is 0 Å². The standard InChI is InChI=1S/C29H32ClNO5S/c1-5-6-7-18-36-27-16-10-23(20-28(27)35-4)11-17-29(32)31(26-19-21(2)8-9-22(26)3)37(33,34)25-14-12-24(30)13-15-25/h8-17,19-20H,5-7,18H2,1-4H3/b17-11+. The highest BCUT2D eigenvalue weighted by Gasteiger charge is 2.31. The molecule has 0 N–H and O–H groups in total. The van der Waals surface area contributed by atoms with Crippen LogP contribution in [0.15, 0.2) is 71.6 Å². The Kier molecular flexibility index (Phi) is 9.78. The molecule has 0 bridgehead atoms. The van der Waals surface area contributed by atoms with Gasteiger partial charge in [-0.2, -0.15) is 4.31 Å². The molecule has 0 saturated carbocycles. The molecule has 196 valence electrons. The Morgan fingerprint density at radius 2 is 1.70 bits per heavy atom. The molecular weight excluding hydrogens is 510 g/mol. The molecule has 0 saturated heterocycles. The van der Waals surface area contributed by atoms with Gasteiger partial charge in [0.05, 0.1) is 24.3 Å². The highest BCUT2D eigenvalue weighted by Crippen LogP contribution is 2.31. The zero-order valence-electron chi connectivity index (χ0n) is 21.5. The molecule has 0 aliphatic carbocycles. The first kappa shape index (κ1) is 28.3. The van der Waals surface area contributed by atoms with Gasteiger partial charge in [0.1, 0.15) is 0 Å². The van der Waals surface area contributed by atoms with Crippen molar-refractivity contribution >= 4 is 39.3 Å². The molecule has 0 aromatic heterocycles. The Morgan fingerprint density at radius 3 is 2.38 bits per heavy atom. The van der Waals surface area contributed by atoms with Crippen LogP contribution in [-0.2, 0) is 14.8 Å². The lowest BCUT2D eigenvalue weighted by molar-refractivity contribution is -0.113. The number of rotatable bonds is 11. The van der Waals surface area contributed by atoms with E-state index < -0.39 is 15.9 Å². The minimum absolute atomic E-state index is 0.0363. The van der Waals surface area contributed by atoms with Gasteiger partial charge in [-0.25, -0.2) is 8.42 Å². The fourth-order valence-electron chi connectivity index (χ4n) is 3.69. The van der Waals surface area contributed by atoms with E-state index in [9.17, 15) is 13.2 Å². The van der Waals surface area contributed by atoms with Crippen molar-refractivity contribution < 1.29 is 22.7 Å². The zero-order valence-corrected chi connectivity index (χ0v) is 23.1. The molecule has 1 amide bonds. The molecule has 0 aliphatic rings. The molecule has 3 aromatic carbocycles. The van der Waals surface area contributed by atoms with E-state index in [1.54, 1.807) is 50.4 Å². The summed E-state index contributed by atoms with van der Waals surface area (Å²) in [6, 6.07) is 16.4. The summed E-state index contributed by atoms with van der Waals surface area (Å²) in [7, 11) is -2.67. The summed E-state index contributed by atoms with van der Waals surface area (Å²) in [4.78, 5) is 13.4. The number of sulfonamides is 1. The number of benzene rings is 3. The molecule has 0 aliphatic heterocycles. The molecule has 0 radical (unpaired) electrons. The van der Waals surface area contributed by atoms with Gasteiger partial charge in [0.25, 0.3) is 15.9 Å². The summed E-state index contributed by atoms with van der Waals surface area (Å²) in [5, 5.41) is 0.398. The minimum Gasteiger partial charge on any atom is -0.493 e.